The third-order valence-corrected chi connectivity index (χ3v) is 13.8. The van der Waals surface area contributed by atoms with Crippen molar-refractivity contribution in [1.82, 2.24) is 4.57 Å². The van der Waals surface area contributed by atoms with Gasteiger partial charge in [-0.3, -0.25) is 0 Å². The van der Waals surface area contributed by atoms with E-state index >= 15 is 0 Å². The minimum absolute atomic E-state index is 0.0850. The fourth-order valence-electron chi connectivity index (χ4n) is 10.7. The van der Waals surface area contributed by atoms with Crippen LogP contribution in [0, 0.1) is 0 Å². The molecule has 1 aliphatic rings. The van der Waals surface area contributed by atoms with Crippen molar-refractivity contribution in [3.63, 3.8) is 0 Å². The first-order chi connectivity index (χ1) is 31.5. The monoisotopic (exact) mass is 818 g/mol. The quantitative estimate of drug-likeness (QED) is 0.167. The van der Waals surface area contributed by atoms with E-state index in [9.17, 15) is 0 Å². The lowest BCUT2D eigenvalue weighted by Gasteiger charge is -2.28. The van der Waals surface area contributed by atoms with Crippen molar-refractivity contribution >= 4 is 71.6 Å². The van der Waals surface area contributed by atoms with Crippen molar-refractivity contribution in [3.8, 4) is 39.1 Å². The third-order valence-electron chi connectivity index (χ3n) is 13.8. The normalized spacial score (nSPS) is 13.0. The van der Waals surface area contributed by atoms with Crippen LogP contribution in [0.4, 0.5) is 17.1 Å². The molecule has 3 nitrogen and oxygen atoms in total. The molecule has 0 amide bonds. The molecule has 0 unspecified atom stereocenters. The average molecular weight is 819 g/mol. The summed E-state index contributed by atoms with van der Waals surface area (Å²) in [6, 6.07) is 79.5. The Kier molecular flexibility index (Phi) is 7.95. The molecule has 0 saturated carbocycles. The van der Waals surface area contributed by atoms with Gasteiger partial charge in [-0.05, 0) is 116 Å². The van der Waals surface area contributed by atoms with Gasteiger partial charge in [-0.25, -0.2) is 0 Å². The molecule has 2 aromatic heterocycles. The molecule has 0 aliphatic heterocycles. The molecule has 1 aliphatic carbocycles. The molecular weight excluding hydrogens is 777 g/mol. The number of nitrogens with zero attached hydrogens (tertiary/aromatic N) is 2. The summed E-state index contributed by atoms with van der Waals surface area (Å²) < 4.78 is 9.22. The van der Waals surface area contributed by atoms with Gasteiger partial charge in [-0.15, -0.1) is 0 Å². The van der Waals surface area contributed by atoms with Gasteiger partial charge in [0.05, 0.1) is 16.7 Å². The minimum atomic E-state index is -0.0850. The molecule has 12 aromatic rings. The maximum atomic E-state index is 6.85. The van der Waals surface area contributed by atoms with Gasteiger partial charge in [-0.1, -0.05) is 172 Å². The summed E-state index contributed by atoms with van der Waals surface area (Å²) in [5, 5.41) is 7.17. The SMILES string of the molecule is CC1(C)c2ccccc2-c2cc(N(c3ccc(-c4ccc(-c5ccc(-n6c7ccccc7c7ccccc76)cc5)cc4)cc3)c3cc4ccccc4c4c3oc3ccccc34)ccc21. The number of para-hydroxylation sites is 3. The fourth-order valence-corrected chi connectivity index (χ4v) is 10.7. The number of furan rings is 1. The highest BCUT2D eigenvalue weighted by atomic mass is 16.3. The molecule has 2 heterocycles. The first kappa shape index (κ1) is 36.5. The third kappa shape index (κ3) is 5.47. The Bertz CT molecular complexity index is 3740. The fraction of sp³-hybridized carbons (Fsp3) is 0.0492. The molecule has 0 atom stereocenters. The summed E-state index contributed by atoms with van der Waals surface area (Å²) in [5.74, 6) is 0. The van der Waals surface area contributed by atoms with Crippen molar-refractivity contribution in [1.29, 1.82) is 0 Å². The maximum absolute atomic E-state index is 6.85. The molecule has 64 heavy (non-hydrogen) atoms. The topological polar surface area (TPSA) is 21.3 Å². The van der Waals surface area contributed by atoms with Gasteiger partial charge in [0.15, 0.2) is 5.58 Å². The molecule has 0 N–H and O–H groups in total. The number of hydrogen-bond acceptors (Lipinski definition) is 2. The lowest BCUT2D eigenvalue weighted by atomic mass is 9.82. The molecule has 3 heteroatoms. The maximum Gasteiger partial charge on any atom is 0.160 e. The van der Waals surface area contributed by atoms with Crippen LogP contribution in [0.3, 0.4) is 0 Å². The van der Waals surface area contributed by atoms with Crippen molar-refractivity contribution < 1.29 is 4.42 Å². The summed E-state index contributed by atoms with van der Waals surface area (Å²) in [6.07, 6.45) is 0. The van der Waals surface area contributed by atoms with Crippen LogP contribution >= 0.6 is 0 Å². The average Bonchev–Trinajstić information content (AvgIpc) is 3.98. The number of benzene rings is 10. The predicted molar refractivity (Wildman–Crippen MR) is 269 cm³/mol. The van der Waals surface area contributed by atoms with E-state index in [0.29, 0.717) is 0 Å². The van der Waals surface area contributed by atoms with Gasteiger partial charge in [-0.2, -0.15) is 0 Å². The lowest BCUT2D eigenvalue weighted by molar-refractivity contribution is 0.660. The standard InChI is InChI=1S/C61H42N2O/c1-61(2)53-19-9-5-15-48(53)52-38-46(35-36-54(52)61)62(57-37-43-13-3-4-14-47(43)59-51-18-8-12-22-58(51)64-60(57)59)44-31-27-41(28-32-44)39-23-25-40(26-24-39)42-29-33-45(34-30-42)63-55-20-10-6-16-49(55)50-17-7-11-21-56(50)63/h3-38H,1-2H3. The van der Waals surface area contributed by atoms with Gasteiger partial charge in [0.1, 0.15) is 5.58 Å². The van der Waals surface area contributed by atoms with Crippen LogP contribution in [-0.2, 0) is 5.41 Å². The van der Waals surface area contributed by atoms with Gasteiger partial charge >= 0.3 is 0 Å². The van der Waals surface area contributed by atoms with Gasteiger partial charge in [0.25, 0.3) is 0 Å². The highest BCUT2D eigenvalue weighted by Gasteiger charge is 2.36. The Morgan fingerprint density at radius 3 is 1.62 bits per heavy atom. The van der Waals surface area contributed by atoms with Crippen molar-refractivity contribution in [2.75, 3.05) is 4.90 Å². The molecule has 0 fully saturated rings. The minimum Gasteiger partial charge on any atom is -0.454 e. The summed E-state index contributed by atoms with van der Waals surface area (Å²) >= 11 is 0. The molecule has 0 saturated heterocycles. The Morgan fingerprint density at radius 1 is 0.422 bits per heavy atom. The highest BCUT2D eigenvalue weighted by molar-refractivity contribution is 6.23. The van der Waals surface area contributed by atoms with Crippen molar-refractivity contribution in [3.05, 3.63) is 230 Å². The lowest BCUT2D eigenvalue weighted by Crippen LogP contribution is -2.15. The second-order valence-electron chi connectivity index (χ2n) is 17.7. The second-order valence-corrected chi connectivity index (χ2v) is 17.7. The predicted octanol–water partition coefficient (Wildman–Crippen LogP) is 16.9. The first-order valence-corrected chi connectivity index (χ1v) is 22.2. The molecule has 0 bridgehead atoms. The number of rotatable bonds is 6. The zero-order chi connectivity index (χ0) is 42.5. The van der Waals surface area contributed by atoms with Crippen LogP contribution in [0.15, 0.2) is 223 Å². The van der Waals surface area contributed by atoms with E-state index in [1.807, 2.05) is 0 Å². The van der Waals surface area contributed by atoms with Gasteiger partial charge in [0, 0.05) is 44.0 Å². The van der Waals surface area contributed by atoms with E-state index in [4.69, 9.17) is 4.42 Å². The van der Waals surface area contributed by atoms with E-state index in [2.05, 4.69) is 242 Å². The molecule has 302 valence electrons. The van der Waals surface area contributed by atoms with Crippen LogP contribution in [-0.4, -0.2) is 4.57 Å². The summed E-state index contributed by atoms with van der Waals surface area (Å²) in [6.45, 7) is 4.68. The van der Waals surface area contributed by atoms with Crippen molar-refractivity contribution in [2.45, 2.75) is 19.3 Å². The van der Waals surface area contributed by atoms with Crippen molar-refractivity contribution in [2.24, 2.45) is 0 Å². The molecule has 0 spiro atoms. The Hall–Kier alpha value is -8.14. The van der Waals surface area contributed by atoms with Crippen LogP contribution in [0.2, 0.25) is 0 Å². The summed E-state index contributed by atoms with van der Waals surface area (Å²) in [7, 11) is 0. The number of hydrogen-bond donors (Lipinski definition) is 0. The zero-order valence-corrected chi connectivity index (χ0v) is 35.6. The smallest absolute Gasteiger partial charge is 0.160 e. The van der Waals surface area contributed by atoms with Gasteiger partial charge in [0.2, 0.25) is 0 Å². The van der Waals surface area contributed by atoms with Crippen LogP contribution in [0.5, 0.6) is 0 Å². The number of aromatic nitrogens is 1. The highest BCUT2D eigenvalue weighted by Crippen LogP contribution is 2.52. The van der Waals surface area contributed by atoms with Crippen LogP contribution < -0.4 is 4.90 Å². The van der Waals surface area contributed by atoms with E-state index in [-0.39, 0.29) is 5.41 Å². The molecular formula is C61H42N2O. The first-order valence-electron chi connectivity index (χ1n) is 22.2. The van der Waals surface area contributed by atoms with Crippen LogP contribution in [0.25, 0.3) is 93.6 Å². The van der Waals surface area contributed by atoms with E-state index in [1.165, 1.54) is 71.5 Å². The Balaban J connectivity index is 0.888. The van der Waals surface area contributed by atoms with E-state index < -0.39 is 0 Å². The van der Waals surface area contributed by atoms with E-state index in [0.717, 1.165) is 50.3 Å². The molecule has 0 radical (unpaired) electrons. The number of fused-ring (bicyclic) bond motifs is 11. The van der Waals surface area contributed by atoms with E-state index in [1.54, 1.807) is 0 Å². The Morgan fingerprint density at radius 2 is 0.938 bits per heavy atom. The zero-order valence-electron chi connectivity index (χ0n) is 35.6. The summed E-state index contributed by atoms with van der Waals surface area (Å²) in [4.78, 5) is 2.39. The number of anilines is 3. The molecule has 10 aromatic carbocycles. The van der Waals surface area contributed by atoms with Gasteiger partial charge < -0.3 is 13.9 Å². The largest absolute Gasteiger partial charge is 0.454 e. The van der Waals surface area contributed by atoms with Crippen LogP contribution in [0.1, 0.15) is 25.0 Å². The molecule has 13 rings (SSSR count). The Labute approximate surface area is 371 Å². The second kappa shape index (κ2) is 13.9. The summed E-state index contributed by atoms with van der Waals surface area (Å²) in [5.41, 5.74) is 18.4.